The molecule has 2 aromatic heterocycles. The van der Waals surface area contributed by atoms with Crippen LogP contribution in [0.3, 0.4) is 0 Å². The van der Waals surface area contributed by atoms with E-state index >= 15 is 0 Å². The molecule has 3 heteroatoms. The van der Waals surface area contributed by atoms with Gasteiger partial charge in [-0.25, -0.2) is 4.98 Å². The summed E-state index contributed by atoms with van der Waals surface area (Å²) in [6.07, 6.45) is 8.27. The molecule has 2 aromatic rings. The Kier molecular flexibility index (Phi) is 2.08. The summed E-state index contributed by atoms with van der Waals surface area (Å²) >= 11 is 0. The molecule has 66 valence electrons. The molecule has 0 atom stereocenters. The molecule has 3 nitrogen and oxygen atoms in total. The molecular formula is C10H11N3. The lowest BCUT2D eigenvalue weighted by Gasteiger charge is -2.02. The van der Waals surface area contributed by atoms with Gasteiger partial charge >= 0.3 is 0 Å². The summed E-state index contributed by atoms with van der Waals surface area (Å²) in [5.74, 6) is 0. The highest BCUT2D eigenvalue weighted by Crippen LogP contribution is 2.07. The lowest BCUT2D eigenvalue weighted by molar-refractivity contribution is 0.992. The molecule has 0 unspecified atom stereocenters. The van der Waals surface area contributed by atoms with Gasteiger partial charge in [-0.1, -0.05) is 6.92 Å². The zero-order chi connectivity index (χ0) is 9.10. The van der Waals surface area contributed by atoms with Crippen LogP contribution in [0, 0.1) is 0 Å². The second-order valence-electron chi connectivity index (χ2n) is 2.83. The van der Waals surface area contributed by atoms with E-state index in [2.05, 4.69) is 23.0 Å². The fraction of sp³-hybridized carbons (Fsp3) is 0.200. The number of hydrogen-bond acceptors (Lipinski definition) is 2. The lowest BCUT2D eigenvalue weighted by Crippen LogP contribution is -1.93. The molecule has 0 bridgehead atoms. The molecule has 2 heterocycles. The molecule has 0 amide bonds. The van der Waals surface area contributed by atoms with Crippen molar-refractivity contribution < 1.29 is 0 Å². The van der Waals surface area contributed by atoms with Crippen LogP contribution in [0.1, 0.15) is 12.6 Å². The van der Waals surface area contributed by atoms with Gasteiger partial charge in [0.25, 0.3) is 0 Å². The third-order valence-corrected chi connectivity index (χ3v) is 1.96. The number of aryl methyl sites for hydroxylation is 1. The summed E-state index contributed by atoms with van der Waals surface area (Å²) in [6, 6.07) is 4.04. The number of aromatic nitrogens is 3. The highest BCUT2D eigenvalue weighted by Gasteiger charge is 1.96. The Labute approximate surface area is 77.1 Å². The first kappa shape index (κ1) is 7.98. The Hall–Kier alpha value is -1.64. The monoisotopic (exact) mass is 173 g/mol. The van der Waals surface area contributed by atoms with Gasteiger partial charge in [0.1, 0.15) is 0 Å². The Morgan fingerprint density at radius 3 is 3.00 bits per heavy atom. The minimum absolute atomic E-state index is 0.961. The topological polar surface area (TPSA) is 30.7 Å². The number of hydrogen-bond donors (Lipinski definition) is 0. The fourth-order valence-corrected chi connectivity index (χ4v) is 1.23. The van der Waals surface area contributed by atoms with Crippen molar-refractivity contribution in [1.82, 2.24) is 14.5 Å². The predicted octanol–water partition coefficient (Wildman–Crippen LogP) is 1.83. The van der Waals surface area contributed by atoms with Gasteiger partial charge < -0.3 is 4.57 Å². The number of imidazole rings is 1. The largest absolute Gasteiger partial charge is 0.306 e. The molecule has 0 aliphatic rings. The van der Waals surface area contributed by atoms with Crippen LogP contribution in [0.5, 0.6) is 0 Å². The SMILES string of the molecule is CCc1cc(-n2ccnc2)ccn1. The van der Waals surface area contributed by atoms with Crippen LogP contribution >= 0.6 is 0 Å². The molecule has 0 spiro atoms. The van der Waals surface area contributed by atoms with E-state index in [-0.39, 0.29) is 0 Å². The van der Waals surface area contributed by atoms with E-state index in [1.54, 1.807) is 12.5 Å². The molecular weight excluding hydrogens is 162 g/mol. The van der Waals surface area contributed by atoms with E-state index in [0.29, 0.717) is 0 Å². The third-order valence-electron chi connectivity index (χ3n) is 1.96. The van der Waals surface area contributed by atoms with Gasteiger partial charge in [0.15, 0.2) is 0 Å². The fourth-order valence-electron chi connectivity index (χ4n) is 1.23. The van der Waals surface area contributed by atoms with Crippen molar-refractivity contribution in [2.75, 3.05) is 0 Å². The van der Waals surface area contributed by atoms with Crippen molar-refractivity contribution in [2.24, 2.45) is 0 Å². The first-order valence-electron chi connectivity index (χ1n) is 4.33. The second kappa shape index (κ2) is 3.39. The molecule has 0 radical (unpaired) electrons. The van der Waals surface area contributed by atoms with Crippen LogP contribution in [0.2, 0.25) is 0 Å². The number of pyridine rings is 1. The quantitative estimate of drug-likeness (QED) is 0.693. The molecule has 0 aliphatic heterocycles. The lowest BCUT2D eigenvalue weighted by atomic mass is 10.2. The summed E-state index contributed by atoms with van der Waals surface area (Å²) in [5.41, 5.74) is 2.22. The molecule has 13 heavy (non-hydrogen) atoms. The van der Waals surface area contributed by atoms with Gasteiger partial charge in [0, 0.05) is 30.0 Å². The highest BCUT2D eigenvalue weighted by molar-refractivity contribution is 5.31. The number of nitrogens with zero attached hydrogens (tertiary/aromatic N) is 3. The van der Waals surface area contributed by atoms with Crippen molar-refractivity contribution >= 4 is 0 Å². The highest BCUT2D eigenvalue weighted by atomic mass is 15.0. The van der Waals surface area contributed by atoms with E-state index in [1.807, 2.05) is 23.0 Å². The molecule has 2 rings (SSSR count). The standard InChI is InChI=1S/C10H11N3/c1-2-9-7-10(3-4-12-9)13-6-5-11-8-13/h3-8H,2H2,1H3. The predicted molar refractivity (Wildman–Crippen MR) is 50.7 cm³/mol. The maximum atomic E-state index is 4.23. The van der Waals surface area contributed by atoms with Gasteiger partial charge in [-0.15, -0.1) is 0 Å². The summed E-state index contributed by atoms with van der Waals surface area (Å²) in [7, 11) is 0. The maximum absolute atomic E-state index is 4.23. The van der Waals surface area contributed by atoms with Crippen LogP contribution < -0.4 is 0 Å². The van der Waals surface area contributed by atoms with Crippen LogP contribution in [0.25, 0.3) is 5.69 Å². The van der Waals surface area contributed by atoms with Crippen molar-refractivity contribution in [1.29, 1.82) is 0 Å². The minimum Gasteiger partial charge on any atom is -0.306 e. The zero-order valence-electron chi connectivity index (χ0n) is 7.51. The summed E-state index contributed by atoms with van der Waals surface area (Å²) in [5, 5.41) is 0. The minimum atomic E-state index is 0.961. The molecule has 0 fully saturated rings. The third kappa shape index (κ3) is 1.59. The van der Waals surface area contributed by atoms with E-state index in [1.165, 1.54) is 0 Å². The normalized spacial score (nSPS) is 10.2. The first-order chi connectivity index (χ1) is 6.40. The van der Waals surface area contributed by atoms with Gasteiger partial charge in [-0.2, -0.15) is 0 Å². The Morgan fingerprint density at radius 1 is 1.38 bits per heavy atom. The smallest absolute Gasteiger partial charge is 0.0991 e. The van der Waals surface area contributed by atoms with Crippen LogP contribution in [0.15, 0.2) is 37.1 Å². The van der Waals surface area contributed by atoms with Gasteiger partial charge in [-0.05, 0) is 18.6 Å². The van der Waals surface area contributed by atoms with Crippen molar-refractivity contribution in [3.05, 3.63) is 42.7 Å². The van der Waals surface area contributed by atoms with Gasteiger partial charge in [-0.3, -0.25) is 4.98 Å². The van der Waals surface area contributed by atoms with E-state index in [9.17, 15) is 0 Å². The van der Waals surface area contributed by atoms with Crippen LogP contribution in [-0.4, -0.2) is 14.5 Å². The molecule has 0 aromatic carbocycles. The van der Waals surface area contributed by atoms with Gasteiger partial charge in [0.2, 0.25) is 0 Å². The number of rotatable bonds is 2. The van der Waals surface area contributed by atoms with Crippen LogP contribution in [0.4, 0.5) is 0 Å². The Balaban J connectivity index is 2.41. The van der Waals surface area contributed by atoms with Gasteiger partial charge in [0.05, 0.1) is 6.33 Å². The second-order valence-corrected chi connectivity index (χ2v) is 2.83. The van der Waals surface area contributed by atoms with E-state index < -0.39 is 0 Å². The summed E-state index contributed by atoms with van der Waals surface area (Å²) in [4.78, 5) is 8.23. The van der Waals surface area contributed by atoms with E-state index in [0.717, 1.165) is 17.8 Å². The summed E-state index contributed by atoms with van der Waals surface area (Å²) in [6.45, 7) is 2.10. The molecule has 0 saturated carbocycles. The molecule has 0 N–H and O–H groups in total. The van der Waals surface area contributed by atoms with Crippen LogP contribution in [-0.2, 0) is 6.42 Å². The molecule has 0 saturated heterocycles. The average molecular weight is 173 g/mol. The van der Waals surface area contributed by atoms with E-state index in [4.69, 9.17) is 0 Å². The average Bonchev–Trinajstić information content (AvgIpc) is 2.71. The first-order valence-corrected chi connectivity index (χ1v) is 4.33. The molecule has 0 aliphatic carbocycles. The zero-order valence-corrected chi connectivity index (χ0v) is 7.51. The Bertz CT molecular complexity index is 379. The Morgan fingerprint density at radius 2 is 2.31 bits per heavy atom. The van der Waals surface area contributed by atoms with Crippen molar-refractivity contribution in [2.45, 2.75) is 13.3 Å². The van der Waals surface area contributed by atoms with Crippen molar-refractivity contribution in [3.63, 3.8) is 0 Å². The maximum Gasteiger partial charge on any atom is 0.0991 e. The van der Waals surface area contributed by atoms with Crippen molar-refractivity contribution in [3.8, 4) is 5.69 Å². The summed E-state index contributed by atoms with van der Waals surface area (Å²) < 4.78 is 1.97.